The molecule has 30 heavy (non-hydrogen) atoms. The third-order valence-corrected chi connectivity index (χ3v) is 6.44. The van der Waals surface area contributed by atoms with Gasteiger partial charge >= 0.3 is 0 Å². The Labute approximate surface area is 174 Å². The van der Waals surface area contributed by atoms with Crippen LogP contribution in [-0.4, -0.2) is 38.7 Å². The first-order valence-electron chi connectivity index (χ1n) is 8.93. The number of nitrogens with one attached hydrogen (secondary N) is 1. The molecule has 8 nitrogen and oxygen atoms in total. The summed E-state index contributed by atoms with van der Waals surface area (Å²) in [7, 11) is -0.792. The van der Waals surface area contributed by atoms with Crippen LogP contribution in [0.3, 0.4) is 0 Å². The summed E-state index contributed by atoms with van der Waals surface area (Å²) in [5.74, 6) is -0.0253. The fourth-order valence-electron chi connectivity index (χ4n) is 3.18. The van der Waals surface area contributed by atoms with Gasteiger partial charge in [-0.25, -0.2) is 18.9 Å². The van der Waals surface area contributed by atoms with E-state index in [0.29, 0.717) is 17.0 Å². The molecule has 1 heterocycles. The number of amides is 1. The molecule has 3 aromatic rings. The number of benzene rings is 2. The van der Waals surface area contributed by atoms with Crippen molar-refractivity contribution in [2.45, 2.75) is 16.7 Å². The van der Waals surface area contributed by atoms with Crippen LogP contribution in [0.1, 0.15) is 15.9 Å². The van der Waals surface area contributed by atoms with Crippen molar-refractivity contribution in [3.8, 4) is 5.75 Å². The average Bonchev–Trinajstić information content (AvgIpc) is 2.78. The average molecular weight is 427 g/mol. The van der Waals surface area contributed by atoms with Crippen LogP contribution in [0.5, 0.6) is 5.75 Å². The van der Waals surface area contributed by atoms with Gasteiger partial charge in [-0.05, 0) is 55.0 Å². The standard InChI is InChI=1S/C21H21N3O5S/c1-14-6-4-7-17(21(25)23-26)19(14)24(2)20-18(8-5-13-22-20)30(27,28)16-11-9-15(29-3)10-12-16/h4-13,26H,1-3H3,(H,23,25). The highest BCUT2D eigenvalue weighted by atomic mass is 32.2. The minimum Gasteiger partial charge on any atom is -0.497 e. The number of aryl methyl sites for hydroxylation is 1. The van der Waals surface area contributed by atoms with Crippen molar-refractivity contribution in [1.29, 1.82) is 0 Å². The maximum Gasteiger partial charge on any atom is 0.276 e. The molecule has 0 atom stereocenters. The molecule has 2 aromatic carbocycles. The number of hydroxylamine groups is 1. The number of hydrogen-bond acceptors (Lipinski definition) is 7. The smallest absolute Gasteiger partial charge is 0.276 e. The van der Waals surface area contributed by atoms with Crippen LogP contribution in [0, 0.1) is 6.92 Å². The maximum atomic E-state index is 13.3. The number of aromatic nitrogens is 1. The van der Waals surface area contributed by atoms with Crippen LogP contribution in [0.2, 0.25) is 0 Å². The normalized spacial score (nSPS) is 11.1. The molecule has 2 N–H and O–H groups in total. The second-order valence-electron chi connectivity index (χ2n) is 6.48. The number of rotatable bonds is 6. The van der Waals surface area contributed by atoms with Crippen LogP contribution in [-0.2, 0) is 9.84 Å². The van der Waals surface area contributed by atoms with Crippen LogP contribution in [0.25, 0.3) is 0 Å². The highest BCUT2D eigenvalue weighted by Crippen LogP contribution is 2.35. The van der Waals surface area contributed by atoms with Crippen molar-refractivity contribution in [1.82, 2.24) is 10.5 Å². The van der Waals surface area contributed by atoms with Gasteiger partial charge in [-0.15, -0.1) is 0 Å². The number of hydrogen-bond donors (Lipinski definition) is 2. The van der Waals surface area contributed by atoms with Gasteiger partial charge in [0.2, 0.25) is 9.84 Å². The monoisotopic (exact) mass is 427 g/mol. The van der Waals surface area contributed by atoms with E-state index in [1.807, 2.05) is 0 Å². The number of carbonyl (C=O) groups excluding carboxylic acids is 1. The zero-order chi connectivity index (χ0) is 21.9. The van der Waals surface area contributed by atoms with Gasteiger partial charge in [0.1, 0.15) is 10.6 Å². The van der Waals surface area contributed by atoms with E-state index in [-0.39, 0.29) is 21.2 Å². The molecule has 9 heteroatoms. The van der Waals surface area contributed by atoms with E-state index in [1.165, 1.54) is 48.5 Å². The Kier molecular flexibility index (Phi) is 6.04. The maximum absolute atomic E-state index is 13.3. The summed E-state index contributed by atoms with van der Waals surface area (Å²) in [6.07, 6.45) is 1.48. The molecule has 0 unspecified atom stereocenters. The molecular weight excluding hydrogens is 406 g/mol. The summed E-state index contributed by atoms with van der Waals surface area (Å²) in [4.78, 5) is 18.0. The first-order chi connectivity index (χ1) is 14.3. The van der Waals surface area contributed by atoms with E-state index in [0.717, 1.165) is 0 Å². The lowest BCUT2D eigenvalue weighted by Gasteiger charge is -2.25. The summed E-state index contributed by atoms with van der Waals surface area (Å²) in [5.41, 5.74) is 2.93. The molecule has 0 aliphatic heterocycles. The molecular formula is C21H21N3O5S. The first-order valence-corrected chi connectivity index (χ1v) is 10.4. The van der Waals surface area contributed by atoms with E-state index in [2.05, 4.69) is 4.98 Å². The molecule has 0 fully saturated rings. The first kappa shape index (κ1) is 21.3. The van der Waals surface area contributed by atoms with Crippen molar-refractivity contribution >= 4 is 27.2 Å². The Hall–Kier alpha value is -3.43. The fraction of sp³-hybridized carbons (Fsp3) is 0.143. The zero-order valence-electron chi connectivity index (χ0n) is 16.7. The van der Waals surface area contributed by atoms with Crippen molar-refractivity contribution in [2.24, 2.45) is 0 Å². The van der Waals surface area contributed by atoms with E-state index >= 15 is 0 Å². The Morgan fingerprint density at radius 1 is 1.10 bits per heavy atom. The lowest BCUT2D eigenvalue weighted by atomic mass is 10.1. The lowest BCUT2D eigenvalue weighted by Crippen LogP contribution is -2.24. The Morgan fingerprint density at radius 2 is 1.80 bits per heavy atom. The number of sulfone groups is 1. The Balaban J connectivity index is 2.16. The van der Waals surface area contributed by atoms with Crippen molar-refractivity contribution in [3.05, 3.63) is 71.9 Å². The van der Waals surface area contributed by atoms with Gasteiger partial charge in [0, 0.05) is 13.2 Å². The fourth-order valence-corrected chi connectivity index (χ4v) is 4.62. The van der Waals surface area contributed by atoms with Gasteiger partial charge in [0.25, 0.3) is 5.91 Å². The number of methoxy groups -OCH3 is 1. The Bertz CT molecular complexity index is 1180. The van der Waals surface area contributed by atoms with Gasteiger partial charge in [-0.2, -0.15) is 0 Å². The molecule has 0 spiro atoms. The molecule has 0 saturated heterocycles. The summed E-state index contributed by atoms with van der Waals surface area (Å²) in [6, 6.07) is 14.0. The second kappa shape index (κ2) is 8.52. The lowest BCUT2D eigenvalue weighted by molar-refractivity contribution is 0.0707. The third-order valence-electron chi connectivity index (χ3n) is 4.65. The van der Waals surface area contributed by atoms with Crippen molar-refractivity contribution < 1.29 is 23.2 Å². The largest absolute Gasteiger partial charge is 0.497 e. The van der Waals surface area contributed by atoms with Crippen LogP contribution in [0.4, 0.5) is 11.5 Å². The van der Waals surface area contributed by atoms with E-state index in [4.69, 9.17) is 9.94 Å². The van der Waals surface area contributed by atoms with Crippen LogP contribution < -0.4 is 15.1 Å². The summed E-state index contributed by atoms with van der Waals surface area (Å²) >= 11 is 0. The van der Waals surface area contributed by atoms with Gasteiger partial charge in [0.05, 0.1) is 23.3 Å². The van der Waals surface area contributed by atoms with E-state index in [1.54, 1.807) is 43.7 Å². The molecule has 0 aliphatic carbocycles. The van der Waals surface area contributed by atoms with E-state index < -0.39 is 15.7 Å². The minimum atomic E-state index is -3.91. The van der Waals surface area contributed by atoms with Crippen LogP contribution in [0.15, 0.2) is 70.6 Å². The van der Waals surface area contributed by atoms with Gasteiger partial charge < -0.3 is 9.64 Å². The molecule has 0 aliphatic rings. The summed E-state index contributed by atoms with van der Waals surface area (Å²) in [6.45, 7) is 1.78. The number of nitrogens with zero attached hydrogens (tertiary/aromatic N) is 2. The predicted molar refractivity (Wildman–Crippen MR) is 111 cm³/mol. The Morgan fingerprint density at radius 3 is 2.43 bits per heavy atom. The highest BCUT2D eigenvalue weighted by molar-refractivity contribution is 7.91. The number of ether oxygens (including phenoxy) is 1. The zero-order valence-corrected chi connectivity index (χ0v) is 17.5. The number of anilines is 2. The van der Waals surface area contributed by atoms with Crippen molar-refractivity contribution in [3.63, 3.8) is 0 Å². The van der Waals surface area contributed by atoms with E-state index in [9.17, 15) is 13.2 Å². The highest BCUT2D eigenvalue weighted by Gasteiger charge is 2.26. The molecule has 1 aromatic heterocycles. The van der Waals surface area contributed by atoms with Crippen LogP contribution >= 0.6 is 0 Å². The molecule has 0 saturated carbocycles. The number of pyridine rings is 1. The molecule has 3 rings (SSSR count). The minimum absolute atomic E-state index is 0.0173. The SMILES string of the molecule is COc1ccc(S(=O)(=O)c2cccnc2N(C)c2c(C)cccc2C(=O)NO)cc1. The van der Waals surface area contributed by atoms with Gasteiger partial charge in [-0.1, -0.05) is 12.1 Å². The number of carbonyl (C=O) groups is 1. The van der Waals surface area contributed by atoms with Gasteiger partial charge in [0.15, 0.2) is 5.82 Å². The summed E-state index contributed by atoms with van der Waals surface area (Å²) < 4.78 is 31.7. The number of para-hydroxylation sites is 1. The third kappa shape index (κ3) is 3.85. The molecule has 0 radical (unpaired) electrons. The second-order valence-corrected chi connectivity index (χ2v) is 8.39. The van der Waals surface area contributed by atoms with Gasteiger partial charge in [-0.3, -0.25) is 10.0 Å². The predicted octanol–water partition coefficient (Wildman–Crippen LogP) is 3.12. The molecule has 1 amide bonds. The van der Waals surface area contributed by atoms with Crippen molar-refractivity contribution in [2.75, 3.05) is 19.1 Å². The molecule has 156 valence electrons. The topological polar surface area (TPSA) is 109 Å². The quantitative estimate of drug-likeness (QED) is 0.459. The summed E-state index contributed by atoms with van der Waals surface area (Å²) in [5, 5.41) is 9.09. The molecule has 0 bridgehead atoms.